The molecule has 0 amide bonds. The number of rotatable bonds is 3. The summed E-state index contributed by atoms with van der Waals surface area (Å²) in [7, 11) is 0. The molecule has 0 aliphatic rings. The van der Waals surface area contributed by atoms with Crippen molar-refractivity contribution in [3.63, 3.8) is 0 Å². The smallest absolute Gasteiger partial charge is 0.328 e. The summed E-state index contributed by atoms with van der Waals surface area (Å²) >= 11 is 6.17. The van der Waals surface area contributed by atoms with Crippen molar-refractivity contribution in [1.82, 2.24) is 0 Å². The first kappa shape index (κ1) is 13.4. The van der Waals surface area contributed by atoms with Crippen molar-refractivity contribution in [2.75, 3.05) is 0 Å². The summed E-state index contributed by atoms with van der Waals surface area (Å²) in [6.45, 7) is 1.78. The first-order valence-corrected chi connectivity index (χ1v) is 6.22. The molecule has 1 N–H and O–H groups in total. The Labute approximate surface area is 117 Å². The standard InChI is InChI=1S/C16H13ClO2/c1-11(9-16(18)19)12-5-4-6-13(10-12)14-7-2-3-8-15(14)17/h2-10H,1H3,(H,18,19)/b11-9+. The maximum atomic E-state index is 10.7. The highest BCUT2D eigenvalue weighted by Gasteiger charge is 2.05. The largest absolute Gasteiger partial charge is 0.478 e. The van der Waals surface area contributed by atoms with Gasteiger partial charge in [0.2, 0.25) is 0 Å². The molecule has 0 aromatic heterocycles. The van der Waals surface area contributed by atoms with E-state index in [0.717, 1.165) is 16.7 Å². The first-order chi connectivity index (χ1) is 9.08. The van der Waals surface area contributed by atoms with Gasteiger partial charge >= 0.3 is 5.97 Å². The van der Waals surface area contributed by atoms with E-state index >= 15 is 0 Å². The van der Waals surface area contributed by atoms with Gasteiger partial charge in [0.1, 0.15) is 0 Å². The summed E-state index contributed by atoms with van der Waals surface area (Å²) < 4.78 is 0. The van der Waals surface area contributed by atoms with E-state index in [1.54, 1.807) is 6.92 Å². The van der Waals surface area contributed by atoms with E-state index in [0.29, 0.717) is 10.6 Å². The molecule has 2 aromatic carbocycles. The molecule has 3 heteroatoms. The van der Waals surface area contributed by atoms with Crippen molar-refractivity contribution < 1.29 is 9.90 Å². The fourth-order valence-corrected chi connectivity index (χ4v) is 2.14. The molecule has 0 aliphatic carbocycles. The number of aliphatic carboxylic acids is 1. The van der Waals surface area contributed by atoms with E-state index in [-0.39, 0.29) is 0 Å². The molecule has 0 heterocycles. The van der Waals surface area contributed by atoms with Gasteiger partial charge in [0.15, 0.2) is 0 Å². The summed E-state index contributed by atoms with van der Waals surface area (Å²) in [4.78, 5) is 10.7. The highest BCUT2D eigenvalue weighted by Crippen LogP contribution is 2.29. The van der Waals surface area contributed by atoms with E-state index in [4.69, 9.17) is 16.7 Å². The minimum Gasteiger partial charge on any atom is -0.478 e. The molecule has 0 unspecified atom stereocenters. The van der Waals surface area contributed by atoms with Gasteiger partial charge in [-0.2, -0.15) is 0 Å². The molecular formula is C16H13ClO2. The number of allylic oxidation sites excluding steroid dienone is 1. The molecule has 0 radical (unpaired) electrons. The van der Waals surface area contributed by atoms with Crippen LogP contribution in [0.2, 0.25) is 5.02 Å². The van der Waals surface area contributed by atoms with Crippen molar-refractivity contribution in [2.45, 2.75) is 6.92 Å². The number of carboxylic acid groups (broad SMARTS) is 1. The second kappa shape index (κ2) is 5.72. The van der Waals surface area contributed by atoms with Crippen LogP contribution in [0.15, 0.2) is 54.6 Å². The molecule has 0 fully saturated rings. The zero-order valence-corrected chi connectivity index (χ0v) is 11.2. The SMILES string of the molecule is C/C(=C\C(=O)O)c1cccc(-c2ccccc2Cl)c1. The van der Waals surface area contributed by atoms with Crippen LogP contribution in [0, 0.1) is 0 Å². The maximum Gasteiger partial charge on any atom is 0.328 e. The summed E-state index contributed by atoms with van der Waals surface area (Å²) in [6.07, 6.45) is 1.20. The Morgan fingerprint density at radius 1 is 1.16 bits per heavy atom. The van der Waals surface area contributed by atoms with Crippen LogP contribution in [0.3, 0.4) is 0 Å². The third kappa shape index (κ3) is 3.24. The number of hydrogen-bond donors (Lipinski definition) is 1. The highest BCUT2D eigenvalue weighted by atomic mass is 35.5. The molecule has 2 aromatic rings. The molecule has 96 valence electrons. The molecule has 2 rings (SSSR count). The number of carbonyl (C=O) groups is 1. The molecule has 2 nitrogen and oxygen atoms in total. The van der Waals surface area contributed by atoms with E-state index < -0.39 is 5.97 Å². The molecule has 0 aliphatic heterocycles. The van der Waals surface area contributed by atoms with Crippen molar-refractivity contribution >= 4 is 23.1 Å². The van der Waals surface area contributed by atoms with Crippen LogP contribution >= 0.6 is 11.6 Å². The number of benzene rings is 2. The molecule has 0 bridgehead atoms. The van der Waals surface area contributed by atoms with Gasteiger partial charge in [-0.15, -0.1) is 0 Å². The monoisotopic (exact) mass is 272 g/mol. The Kier molecular flexibility index (Phi) is 4.03. The minimum atomic E-state index is -0.944. The molecule has 0 spiro atoms. The Balaban J connectivity index is 2.46. The van der Waals surface area contributed by atoms with E-state index in [9.17, 15) is 4.79 Å². The average molecular weight is 273 g/mol. The van der Waals surface area contributed by atoms with E-state index in [1.807, 2.05) is 48.5 Å². The van der Waals surface area contributed by atoms with Crippen LogP contribution in [0.1, 0.15) is 12.5 Å². The van der Waals surface area contributed by atoms with Gasteiger partial charge in [-0.1, -0.05) is 48.0 Å². The lowest BCUT2D eigenvalue weighted by Gasteiger charge is -2.07. The Hall–Kier alpha value is -2.06. The topological polar surface area (TPSA) is 37.3 Å². The molecule has 0 saturated carbocycles. The van der Waals surface area contributed by atoms with Gasteiger partial charge in [-0.05, 0) is 35.8 Å². The second-order valence-electron chi connectivity index (χ2n) is 4.23. The van der Waals surface area contributed by atoms with Crippen LogP contribution in [0.5, 0.6) is 0 Å². The summed E-state index contributed by atoms with van der Waals surface area (Å²) in [5.41, 5.74) is 3.50. The fourth-order valence-electron chi connectivity index (χ4n) is 1.90. The van der Waals surface area contributed by atoms with Gasteiger partial charge in [-0.3, -0.25) is 0 Å². The normalized spacial score (nSPS) is 11.4. The number of hydrogen-bond acceptors (Lipinski definition) is 1. The molecular weight excluding hydrogens is 260 g/mol. The van der Waals surface area contributed by atoms with Crippen molar-refractivity contribution in [1.29, 1.82) is 0 Å². The van der Waals surface area contributed by atoms with Gasteiger partial charge in [-0.25, -0.2) is 4.79 Å². The summed E-state index contributed by atoms with van der Waals surface area (Å²) in [5.74, 6) is -0.944. The van der Waals surface area contributed by atoms with Gasteiger partial charge < -0.3 is 5.11 Å². The van der Waals surface area contributed by atoms with Crippen molar-refractivity contribution in [3.8, 4) is 11.1 Å². The van der Waals surface area contributed by atoms with Gasteiger partial charge in [0.05, 0.1) is 0 Å². The van der Waals surface area contributed by atoms with Crippen molar-refractivity contribution in [3.05, 3.63) is 65.2 Å². The lowest BCUT2D eigenvalue weighted by molar-refractivity contribution is -0.131. The van der Waals surface area contributed by atoms with Gasteiger partial charge in [0.25, 0.3) is 0 Å². The Morgan fingerprint density at radius 2 is 1.89 bits per heavy atom. The quantitative estimate of drug-likeness (QED) is 0.836. The second-order valence-corrected chi connectivity index (χ2v) is 4.63. The first-order valence-electron chi connectivity index (χ1n) is 5.84. The zero-order valence-electron chi connectivity index (χ0n) is 10.4. The highest BCUT2D eigenvalue weighted by molar-refractivity contribution is 6.33. The Bertz CT molecular complexity index is 645. The third-order valence-corrected chi connectivity index (χ3v) is 3.17. The lowest BCUT2D eigenvalue weighted by Crippen LogP contribution is -1.90. The average Bonchev–Trinajstić information content (AvgIpc) is 2.38. The predicted molar refractivity (Wildman–Crippen MR) is 78.2 cm³/mol. The van der Waals surface area contributed by atoms with Crippen LogP contribution in [-0.2, 0) is 4.79 Å². The predicted octanol–water partition coefficient (Wildman–Crippen LogP) is 4.49. The summed E-state index contributed by atoms with van der Waals surface area (Å²) in [5, 5.41) is 9.46. The van der Waals surface area contributed by atoms with Crippen LogP contribution in [0.4, 0.5) is 0 Å². The van der Waals surface area contributed by atoms with E-state index in [1.165, 1.54) is 6.08 Å². The fraction of sp³-hybridized carbons (Fsp3) is 0.0625. The molecule has 0 saturated heterocycles. The number of halogens is 1. The minimum absolute atomic E-state index is 0.680. The third-order valence-electron chi connectivity index (χ3n) is 2.84. The van der Waals surface area contributed by atoms with Crippen molar-refractivity contribution in [2.24, 2.45) is 0 Å². The van der Waals surface area contributed by atoms with Crippen LogP contribution in [0.25, 0.3) is 16.7 Å². The summed E-state index contributed by atoms with van der Waals surface area (Å²) in [6, 6.07) is 15.3. The van der Waals surface area contributed by atoms with Gasteiger partial charge in [0, 0.05) is 16.7 Å². The molecule has 19 heavy (non-hydrogen) atoms. The zero-order chi connectivity index (χ0) is 13.8. The number of carboxylic acids is 1. The van der Waals surface area contributed by atoms with Crippen LogP contribution in [-0.4, -0.2) is 11.1 Å². The maximum absolute atomic E-state index is 10.7. The Morgan fingerprint density at radius 3 is 2.58 bits per heavy atom. The van der Waals surface area contributed by atoms with Crippen LogP contribution < -0.4 is 0 Å². The lowest BCUT2D eigenvalue weighted by atomic mass is 9.99. The van der Waals surface area contributed by atoms with E-state index in [2.05, 4.69) is 0 Å². The molecule has 0 atom stereocenters.